The fourth-order valence-corrected chi connectivity index (χ4v) is 7.87. The summed E-state index contributed by atoms with van der Waals surface area (Å²) in [5, 5.41) is 3.14. The number of nitrogens with one attached hydrogen (secondary N) is 1. The summed E-state index contributed by atoms with van der Waals surface area (Å²) in [6.07, 6.45) is 19.1. The number of Topliss-reactive ketones (excluding diaryl/α,β-unsaturated/α-hetero) is 1. The monoisotopic (exact) mass is 551 g/mol. The number of amides is 1. The highest BCUT2D eigenvalue weighted by Gasteiger charge is 2.29. The van der Waals surface area contributed by atoms with Gasteiger partial charge in [-0.3, -0.25) is 19.4 Å². The van der Waals surface area contributed by atoms with E-state index < -0.39 is 0 Å². The molecule has 5 heteroatoms. The number of piperazine rings is 1. The van der Waals surface area contributed by atoms with Crippen molar-refractivity contribution in [3.05, 3.63) is 35.4 Å². The van der Waals surface area contributed by atoms with E-state index in [0.717, 1.165) is 76.3 Å². The molecule has 0 aromatic heterocycles. The van der Waals surface area contributed by atoms with Crippen LogP contribution in [0.3, 0.4) is 0 Å². The Morgan fingerprint density at radius 2 is 1.40 bits per heavy atom. The van der Waals surface area contributed by atoms with E-state index in [1.807, 2.05) is 24.3 Å². The van der Waals surface area contributed by atoms with Crippen LogP contribution in [-0.4, -0.2) is 66.8 Å². The molecule has 0 bridgehead atoms. The molecule has 4 rings (SSSR count). The first kappa shape index (κ1) is 31.2. The highest BCUT2D eigenvalue weighted by Crippen LogP contribution is 2.33. The minimum Gasteiger partial charge on any atom is -0.351 e. The zero-order valence-corrected chi connectivity index (χ0v) is 25.7. The lowest BCUT2D eigenvalue weighted by Crippen LogP contribution is -2.52. The van der Waals surface area contributed by atoms with Gasteiger partial charge in [-0.05, 0) is 43.6 Å². The molecule has 1 aliphatic heterocycles. The van der Waals surface area contributed by atoms with Crippen molar-refractivity contribution < 1.29 is 9.59 Å². The van der Waals surface area contributed by atoms with Crippen LogP contribution >= 0.6 is 0 Å². The maximum atomic E-state index is 13.3. The van der Waals surface area contributed by atoms with Crippen molar-refractivity contribution >= 4 is 11.7 Å². The fourth-order valence-electron chi connectivity index (χ4n) is 7.87. The van der Waals surface area contributed by atoms with Crippen LogP contribution in [0.15, 0.2) is 24.3 Å². The van der Waals surface area contributed by atoms with Gasteiger partial charge in [0, 0.05) is 56.8 Å². The van der Waals surface area contributed by atoms with Crippen LogP contribution in [0.4, 0.5) is 0 Å². The van der Waals surface area contributed by atoms with Gasteiger partial charge in [0.1, 0.15) is 0 Å². The van der Waals surface area contributed by atoms with Crippen LogP contribution in [0.1, 0.15) is 131 Å². The van der Waals surface area contributed by atoms with Crippen LogP contribution < -0.4 is 5.32 Å². The lowest BCUT2D eigenvalue weighted by atomic mass is 9.80. The Labute approximate surface area is 244 Å². The summed E-state index contributed by atoms with van der Waals surface area (Å²) in [6.45, 7) is 10.7. The van der Waals surface area contributed by atoms with Crippen molar-refractivity contribution in [1.29, 1.82) is 0 Å². The quantitative estimate of drug-likeness (QED) is 0.244. The first-order valence-corrected chi connectivity index (χ1v) is 17.0. The predicted molar refractivity (Wildman–Crippen MR) is 166 cm³/mol. The molecule has 5 nitrogen and oxygen atoms in total. The van der Waals surface area contributed by atoms with Gasteiger partial charge in [0.15, 0.2) is 5.78 Å². The normalized spacial score (nSPS) is 24.6. The lowest BCUT2D eigenvalue weighted by molar-refractivity contribution is 0.0717. The van der Waals surface area contributed by atoms with E-state index in [0.29, 0.717) is 17.7 Å². The molecule has 224 valence electrons. The van der Waals surface area contributed by atoms with E-state index in [2.05, 4.69) is 29.0 Å². The summed E-state index contributed by atoms with van der Waals surface area (Å²) in [4.78, 5) is 31.8. The fraction of sp³-hybridized carbons (Fsp3) is 0.771. The molecule has 2 unspecified atom stereocenters. The zero-order valence-electron chi connectivity index (χ0n) is 25.7. The van der Waals surface area contributed by atoms with E-state index in [-0.39, 0.29) is 17.6 Å². The molecule has 3 fully saturated rings. The van der Waals surface area contributed by atoms with Gasteiger partial charge in [0.2, 0.25) is 0 Å². The first-order chi connectivity index (χ1) is 19.6. The van der Waals surface area contributed by atoms with Gasteiger partial charge in [0.05, 0.1) is 5.56 Å². The molecule has 3 aliphatic rings. The van der Waals surface area contributed by atoms with Crippen LogP contribution in [-0.2, 0) is 0 Å². The van der Waals surface area contributed by atoms with E-state index in [1.54, 1.807) is 0 Å². The van der Waals surface area contributed by atoms with Crippen LogP contribution in [0.5, 0.6) is 0 Å². The predicted octanol–water partition coefficient (Wildman–Crippen LogP) is 7.35. The van der Waals surface area contributed by atoms with Crippen LogP contribution in [0.25, 0.3) is 0 Å². The molecule has 2 aliphatic carbocycles. The van der Waals surface area contributed by atoms with Gasteiger partial charge in [-0.1, -0.05) is 103 Å². The maximum Gasteiger partial charge on any atom is 0.252 e. The lowest BCUT2D eigenvalue weighted by Gasteiger charge is -2.41. The molecule has 1 amide bonds. The number of benzene rings is 1. The Morgan fingerprint density at radius 3 is 2.05 bits per heavy atom. The van der Waals surface area contributed by atoms with E-state index >= 15 is 0 Å². The van der Waals surface area contributed by atoms with E-state index in [9.17, 15) is 9.59 Å². The summed E-state index contributed by atoms with van der Waals surface area (Å²) in [5.74, 6) is 1.91. The van der Waals surface area contributed by atoms with Gasteiger partial charge in [-0.2, -0.15) is 0 Å². The van der Waals surface area contributed by atoms with Crippen molar-refractivity contribution in [2.75, 3.05) is 39.3 Å². The number of carbonyl (C=O) groups excluding carboxylic acids is 2. The average molecular weight is 552 g/mol. The Bertz CT molecular complexity index is 898. The molecule has 1 N–H and O–H groups in total. The highest BCUT2D eigenvalue weighted by atomic mass is 16.2. The van der Waals surface area contributed by atoms with E-state index in [4.69, 9.17) is 0 Å². The van der Waals surface area contributed by atoms with Crippen molar-refractivity contribution in [3.63, 3.8) is 0 Å². The molecule has 1 heterocycles. The highest BCUT2D eigenvalue weighted by molar-refractivity contribution is 6.08. The Morgan fingerprint density at radius 1 is 0.800 bits per heavy atom. The third-order valence-electron chi connectivity index (χ3n) is 10.5. The zero-order chi connectivity index (χ0) is 28.2. The van der Waals surface area contributed by atoms with Crippen LogP contribution in [0.2, 0.25) is 0 Å². The first-order valence-electron chi connectivity index (χ1n) is 17.0. The maximum absolute atomic E-state index is 13.3. The molecule has 0 spiro atoms. The molecular weight excluding hydrogens is 494 g/mol. The minimum atomic E-state index is -0.103. The molecule has 0 radical (unpaired) electrons. The Balaban J connectivity index is 1.25. The van der Waals surface area contributed by atoms with Gasteiger partial charge in [-0.15, -0.1) is 0 Å². The number of hydrogen-bond acceptors (Lipinski definition) is 4. The van der Waals surface area contributed by atoms with Crippen molar-refractivity contribution in [3.8, 4) is 0 Å². The Hall–Kier alpha value is -1.72. The van der Waals surface area contributed by atoms with Crippen molar-refractivity contribution in [2.45, 2.75) is 116 Å². The molecule has 2 atom stereocenters. The van der Waals surface area contributed by atoms with E-state index in [1.165, 1.54) is 70.6 Å². The standard InChI is InChI=1S/C35H57N3O2/c1-3-28(4-2)30-17-11-7-8-12-18-31(27-30)38-25-23-37(24-26-38)22-21-36-35(40)33-20-14-13-19-32(33)34(39)29-15-9-5-6-10-16-29/h13-14,19-20,28-31H,3-12,15-18,21-27H2,1-2H3,(H,36,40). The van der Waals surface area contributed by atoms with Crippen LogP contribution in [0, 0.1) is 17.8 Å². The smallest absolute Gasteiger partial charge is 0.252 e. The summed E-state index contributed by atoms with van der Waals surface area (Å²) >= 11 is 0. The topological polar surface area (TPSA) is 52.6 Å². The summed E-state index contributed by atoms with van der Waals surface area (Å²) in [5.41, 5.74) is 1.16. The molecule has 2 saturated carbocycles. The SMILES string of the molecule is CCC(CC)C1CCCCCCC(N2CCN(CCNC(=O)c3ccccc3C(=O)C3CCCCCC3)CC2)C1. The second-order valence-corrected chi connectivity index (χ2v) is 12.9. The molecule has 1 aromatic rings. The third kappa shape index (κ3) is 8.89. The third-order valence-corrected chi connectivity index (χ3v) is 10.5. The summed E-state index contributed by atoms with van der Waals surface area (Å²) in [6, 6.07) is 8.19. The number of nitrogens with zero attached hydrogens (tertiary/aromatic N) is 2. The molecule has 40 heavy (non-hydrogen) atoms. The second-order valence-electron chi connectivity index (χ2n) is 12.9. The van der Waals surface area contributed by atoms with Gasteiger partial charge >= 0.3 is 0 Å². The number of rotatable bonds is 10. The summed E-state index contributed by atoms with van der Waals surface area (Å²) < 4.78 is 0. The number of carbonyl (C=O) groups is 2. The summed E-state index contributed by atoms with van der Waals surface area (Å²) in [7, 11) is 0. The van der Waals surface area contributed by atoms with Crippen molar-refractivity contribution in [1.82, 2.24) is 15.1 Å². The molecule has 1 aromatic carbocycles. The van der Waals surface area contributed by atoms with Gasteiger partial charge in [-0.25, -0.2) is 0 Å². The van der Waals surface area contributed by atoms with Gasteiger partial charge in [0.25, 0.3) is 5.91 Å². The van der Waals surface area contributed by atoms with Crippen molar-refractivity contribution in [2.24, 2.45) is 17.8 Å². The second kappa shape index (κ2) is 16.7. The number of ketones is 1. The Kier molecular flexibility index (Phi) is 13.0. The molecule has 1 saturated heterocycles. The largest absolute Gasteiger partial charge is 0.351 e. The van der Waals surface area contributed by atoms with Gasteiger partial charge < -0.3 is 5.32 Å². The number of hydrogen-bond donors (Lipinski definition) is 1. The molecular formula is C35H57N3O2. The minimum absolute atomic E-state index is 0.0695. The average Bonchev–Trinajstić information content (AvgIpc) is 3.21.